The van der Waals surface area contributed by atoms with Gasteiger partial charge in [-0.15, -0.1) is 0 Å². The second-order valence-electron chi connectivity index (χ2n) is 3.47. The Balaban J connectivity index is 5.18. The molecule has 9 nitrogen and oxygen atoms in total. The molecule has 0 radical (unpaired) electrons. The number of amides is 1. The number of hydrogen-bond donors (Lipinski definition) is 4. The van der Waals surface area contributed by atoms with Gasteiger partial charge in [-0.05, 0) is 12.8 Å². The summed E-state index contributed by atoms with van der Waals surface area (Å²) in [6, 6.07) is 0. The quantitative estimate of drug-likeness (QED) is 0.223. The highest BCUT2D eigenvalue weighted by Gasteiger charge is 2.36. The fourth-order valence-corrected chi connectivity index (χ4v) is 2.60. The zero-order chi connectivity index (χ0) is 14.4. The van der Waals surface area contributed by atoms with Crippen LogP contribution in [0.5, 0.6) is 0 Å². The van der Waals surface area contributed by atoms with E-state index in [-0.39, 0.29) is 18.7 Å². The minimum atomic E-state index is -4.18. The van der Waals surface area contributed by atoms with Gasteiger partial charge in [0.15, 0.2) is 5.84 Å². The number of nitrogens with one attached hydrogen (secondary N) is 2. The van der Waals surface area contributed by atoms with E-state index in [1.54, 1.807) is 18.6 Å². The number of rotatable bonds is 6. The summed E-state index contributed by atoms with van der Waals surface area (Å²) in [6.45, 7) is 3.31. The van der Waals surface area contributed by atoms with Crippen molar-refractivity contribution in [3.05, 3.63) is 0 Å². The van der Waals surface area contributed by atoms with Crippen LogP contribution in [0.1, 0.15) is 26.7 Å². The molecule has 5 N–H and O–H groups in total. The lowest BCUT2D eigenvalue weighted by Crippen LogP contribution is -2.59. The van der Waals surface area contributed by atoms with Crippen LogP contribution in [-0.4, -0.2) is 38.2 Å². The average molecular weight is 282 g/mol. The number of carbonyl (C=O) groups is 1. The number of oxime groups is 1. The van der Waals surface area contributed by atoms with Crippen molar-refractivity contribution in [2.24, 2.45) is 10.9 Å². The van der Waals surface area contributed by atoms with E-state index >= 15 is 0 Å². The molecular formula is C8H18N4O5S. The van der Waals surface area contributed by atoms with E-state index in [0.29, 0.717) is 0 Å². The lowest BCUT2D eigenvalue weighted by molar-refractivity contribution is 0.177. The van der Waals surface area contributed by atoms with Gasteiger partial charge in [-0.25, -0.2) is 9.52 Å². The molecule has 106 valence electrons. The van der Waals surface area contributed by atoms with Crippen LogP contribution in [-0.2, 0) is 14.9 Å². The maximum atomic E-state index is 11.6. The lowest BCUT2D eigenvalue weighted by atomic mass is 9.93. The molecule has 0 aromatic carbocycles. The highest BCUT2D eigenvalue weighted by Crippen LogP contribution is 2.16. The number of nitrogens with zero attached hydrogens (tertiary/aromatic N) is 1. The van der Waals surface area contributed by atoms with Gasteiger partial charge in [0.25, 0.3) is 0 Å². The smallest absolute Gasteiger partial charge is 0.421 e. The number of hydrogen-bond acceptors (Lipinski definition) is 6. The molecule has 18 heavy (non-hydrogen) atoms. The molecule has 0 bridgehead atoms. The van der Waals surface area contributed by atoms with Gasteiger partial charge in [-0.1, -0.05) is 19.0 Å². The Morgan fingerprint density at radius 2 is 1.94 bits per heavy atom. The van der Waals surface area contributed by atoms with Crippen LogP contribution >= 0.6 is 0 Å². The van der Waals surface area contributed by atoms with E-state index in [4.69, 9.17) is 10.9 Å². The van der Waals surface area contributed by atoms with Gasteiger partial charge in [-0.2, -0.15) is 13.1 Å². The first-order valence-electron chi connectivity index (χ1n) is 5.14. The van der Waals surface area contributed by atoms with E-state index in [2.05, 4.69) is 14.6 Å². The van der Waals surface area contributed by atoms with E-state index in [1.807, 2.05) is 0 Å². The molecular weight excluding hydrogens is 264 g/mol. The van der Waals surface area contributed by atoms with Crippen LogP contribution in [0.25, 0.3) is 0 Å². The molecule has 0 unspecified atom stereocenters. The Morgan fingerprint density at radius 3 is 2.28 bits per heavy atom. The van der Waals surface area contributed by atoms with Crippen molar-refractivity contribution in [3.63, 3.8) is 0 Å². The first-order chi connectivity index (χ1) is 8.26. The third-order valence-corrected chi connectivity index (χ3v) is 3.63. The largest absolute Gasteiger partial charge is 0.452 e. The van der Waals surface area contributed by atoms with Crippen LogP contribution in [0.15, 0.2) is 5.16 Å². The molecule has 0 atom stereocenters. The number of nitrogens with two attached hydrogens (primary N) is 1. The van der Waals surface area contributed by atoms with Gasteiger partial charge >= 0.3 is 16.3 Å². The molecule has 0 fully saturated rings. The summed E-state index contributed by atoms with van der Waals surface area (Å²) in [5.41, 5.74) is 4.20. The van der Waals surface area contributed by atoms with Crippen molar-refractivity contribution in [1.29, 1.82) is 0 Å². The number of methoxy groups -OCH3 is 1. The lowest BCUT2D eigenvalue weighted by Gasteiger charge is -2.30. The Bertz CT molecular complexity index is 415. The molecule has 0 aliphatic carbocycles. The molecule has 0 saturated carbocycles. The van der Waals surface area contributed by atoms with E-state index in [0.717, 1.165) is 7.11 Å². The predicted molar refractivity (Wildman–Crippen MR) is 64.3 cm³/mol. The van der Waals surface area contributed by atoms with Gasteiger partial charge in [0.1, 0.15) is 0 Å². The van der Waals surface area contributed by atoms with Crippen molar-refractivity contribution >= 4 is 22.1 Å². The minimum Gasteiger partial charge on any atom is -0.452 e. The van der Waals surface area contributed by atoms with Gasteiger partial charge in [-0.3, -0.25) is 0 Å². The number of ether oxygens (including phenoxy) is 1. The molecule has 1 amide bonds. The Kier molecular flexibility index (Phi) is 5.85. The second kappa shape index (κ2) is 6.40. The summed E-state index contributed by atoms with van der Waals surface area (Å²) in [7, 11) is -3.15. The summed E-state index contributed by atoms with van der Waals surface area (Å²) in [4.78, 5) is 10.9. The monoisotopic (exact) mass is 282 g/mol. The molecule has 0 heterocycles. The molecule has 0 aliphatic heterocycles. The molecule has 0 saturated heterocycles. The first kappa shape index (κ1) is 16.4. The van der Waals surface area contributed by atoms with E-state index in [1.165, 1.54) is 0 Å². The Morgan fingerprint density at radius 1 is 1.44 bits per heavy atom. The summed E-state index contributed by atoms with van der Waals surface area (Å²) < 4.78 is 31.2. The zero-order valence-corrected chi connectivity index (χ0v) is 11.2. The van der Waals surface area contributed by atoms with Gasteiger partial charge in [0.2, 0.25) is 0 Å². The fourth-order valence-electron chi connectivity index (χ4n) is 1.34. The Hall–Kier alpha value is -1.55. The summed E-state index contributed by atoms with van der Waals surface area (Å²) >= 11 is 0. The topological polar surface area (TPSA) is 143 Å². The molecule has 0 spiro atoms. The van der Waals surface area contributed by atoms with Crippen molar-refractivity contribution < 1.29 is 23.2 Å². The summed E-state index contributed by atoms with van der Waals surface area (Å²) in [5.74, 6) is -0.289. The maximum absolute atomic E-state index is 11.6. The van der Waals surface area contributed by atoms with Crippen LogP contribution < -0.4 is 15.2 Å². The number of amidine groups is 1. The third-order valence-electron chi connectivity index (χ3n) is 2.54. The third kappa shape index (κ3) is 4.04. The van der Waals surface area contributed by atoms with Crippen LogP contribution in [0, 0.1) is 0 Å². The second-order valence-corrected chi connectivity index (χ2v) is 4.89. The van der Waals surface area contributed by atoms with E-state index < -0.39 is 21.8 Å². The van der Waals surface area contributed by atoms with Crippen molar-refractivity contribution in [1.82, 2.24) is 9.44 Å². The van der Waals surface area contributed by atoms with Crippen LogP contribution in [0.2, 0.25) is 0 Å². The molecule has 0 aromatic heterocycles. The fraction of sp³-hybridized carbons (Fsp3) is 0.750. The minimum absolute atomic E-state index is 0.238. The highest BCUT2D eigenvalue weighted by atomic mass is 32.2. The van der Waals surface area contributed by atoms with Gasteiger partial charge in [0.05, 0.1) is 12.6 Å². The Labute approximate surface area is 106 Å². The average Bonchev–Trinajstić information content (AvgIpc) is 2.34. The van der Waals surface area contributed by atoms with Crippen LogP contribution in [0.4, 0.5) is 4.79 Å². The number of carbonyl (C=O) groups excluding carboxylic acids is 1. The standard InChI is InChI=1S/C8H18N4O5S/c1-4-8(5-2,6(9)10-14)12-18(15,16)11-7(13)17-3/h12,14H,4-5H2,1-3H3,(H2,9,10)(H,11,13). The van der Waals surface area contributed by atoms with Crippen molar-refractivity contribution in [3.8, 4) is 0 Å². The van der Waals surface area contributed by atoms with Crippen molar-refractivity contribution in [2.45, 2.75) is 32.2 Å². The molecule has 0 aliphatic rings. The van der Waals surface area contributed by atoms with Gasteiger partial charge < -0.3 is 15.7 Å². The van der Waals surface area contributed by atoms with Crippen LogP contribution in [0.3, 0.4) is 0 Å². The summed E-state index contributed by atoms with van der Waals surface area (Å²) in [5, 5.41) is 11.5. The summed E-state index contributed by atoms with van der Waals surface area (Å²) in [6.07, 6.45) is -0.661. The molecule has 0 aromatic rings. The molecule has 0 rings (SSSR count). The van der Waals surface area contributed by atoms with Gasteiger partial charge in [0, 0.05) is 0 Å². The molecule has 10 heteroatoms. The van der Waals surface area contributed by atoms with Crippen molar-refractivity contribution in [2.75, 3.05) is 7.11 Å². The van der Waals surface area contributed by atoms with E-state index in [9.17, 15) is 13.2 Å². The zero-order valence-electron chi connectivity index (χ0n) is 10.4. The highest BCUT2D eigenvalue weighted by molar-refractivity contribution is 7.88. The predicted octanol–water partition coefficient (Wildman–Crippen LogP) is -0.518. The SMILES string of the molecule is CCC(CC)(NS(=O)(=O)NC(=O)OC)C(N)=NO. The normalized spacial score (nSPS) is 13.2. The maximum Gasteiger partial charge on any atom is 0.421 e. The first-order valence-corrected chi connectivity index (χ1v) is 6.62.